The van der Waals surface area contributed by atoms with Crippen LogP contribution in [0.1, 0.15) is 39.7 Å². The first-order valence-electron chi connectivity index (χ1n) is 8.60. The molecule has 1 fully saturated rings. The minimum absolute atomic E-state index is 0.144. The van der Waals surface area contributed by atoms with E-state index < -0.39 is 22.8 Å². The predicted molar refractivity (Wildman–Crippen MR) is 99.0 cm³/mol. The van der Waals surface area contributed by atoms with Gasteiger partial charge in [0.1, 0.15) is 11.1 Å². The van der Waals surface area contributed by atoms with E-state index in [0.29, 0.717) is 13.0 Å². The Balaban J connectivity index is 2.26. The molecule has 26 heavy (non-hydrogen) atoms. The summed E-state index contributed by atoms with van der Waals surface area (Å²) in [6, 6.07) is 9.61. The van der Waals surface area contributed by atoms with Crippen molar-refractivity contribution in [3.63, 3.8) is 0 Å². The van der Waals surface area contributed by atoms with Crippen LogP contribution in [0.3, 0.4) is 0 Å². The van der Waals surface area contributed by atoms with Gasteiger partial charge >= 0.3 is 0 Å². The molecular weight excluding hydrogens is 330 g/mol. The lowest BCUT2D eigenvalue weighted by Crippen LogP contribution is -2.52. The number of ketones is 1. The molecule has 2 amide bonds. The highest BCUT2D eigenvalue weighted by Gasteiger charge is 2.53. The molecule has 1 aromatic rings. The Hall–Kier alpha value is -2.72. The van der Waals surface area contributed by atoms with Gasteiger partial charge in [-0.15, -0.1) is 0 Å². The number of hydrogen-bond donors (Lipinski definition) is 2. The van der Waals surface area contributed by atoms with Crippen molar-refractivity contribution in [1.82, 2.24) is 10.2 Å². The third kappa shape index (κ3) is 4.09. The van der Waals surface area contributed by atoms with E-state index in [-0.39, 0.29) is 17.9 Å². The molecule has 2 rings (SSSR count). The van der Waals surface area contributed by atoms with Gasteiger partial charge in [-0.05, 0) is 45.5 Å². The summed E-state index contributed by atoms with van der Waals surface area (Å²) >= 11 is 0. The van der Waals surface area contributed by atoms with Crippen LogP contribution in [-0.2, 0) is 20.8 Å². The minimum Gasteiger partial charge on any atom is -0.351 e. The van der Waals surface area contributed by atoms with Crippen molar-refractivity contribution < 1.29 is 14.4 Å². The van der Waals surface area contributed by atoms with Crippen LogP contribution in [0, 0.1) is 5.41 Å². The number of Topliss-reactive ketones (excluding diaryl/α,β-unsaturated/α-hetero) is 1. The molecule has 0 radical (unpaired) electrons. The summed E-state index contributed by atoms with van der Waals surface area (Å²) < 4.78 is 0. The SMILES string of the molecule is CC(C)(C)NC(=O)CC1(C)C(=O)C(=C=N)C(=O)N1CCc1ccccc1. The molecule has 1 unspecified atom stereocenters. The number of carbonyl (C=O) groups excluding carboxylic acids is 3. The van der Waals surface area contributed by atoms with E-state index in [1.165, 1.54) is 4.90 Å². The third-order valence-corrected chi connectivity index (χ3v) is 4.38. The van der Waals surface area contributed by atoms with Crippen molar-refractivity contribution in [2.24, 2.45) is 0 Å². The topological polar surface area (TPSA) is 90.3 Å². The van der Waals surface area contributed by atoms with Crippen LogP contribution in [0.5, 0.6) is 0 Å². The first kappa shape index (κ1) is 19.6. The third-order valence-electron chi connectivity index (χ3n) is 4.38. The average molecular weight is 355 g/mol. The highest BCUT2D eigenvalue weighted by Crippen LogP contribution is 2.32. The lowest BCUT2D eigenvalue weighted by Gasteiger charge is -2.33. The second-order valence-electron chi connectivity index (χ2n) is 7.77. The lowest BCUT2D eigenvalue weighted by molar-refractivity contribution is -0.136. The molecule has 1 atom stereocenters. The quantitative estimate of drug-likeness (QED) is 0.480. The molecular formula is C20H25N3O3. The Kier molecular flexibility index (Phi) is 5.47. The molecule has 6 nitrogen and oxygen atoms in total. The number of hydrogen-bond acceptors (Lipinski definition) is 4. The summed E-state index contributed by atoms with van der Waals surface area (Å²) in [4.78, 5) is 39.1. The van der Waals surface area contributed by atoms with E-state index in [1.54, 1.807) is 6.92 Å². The number of benzene rings is 1. The van der Waals surface area contributed by atoms with Crippen molar-refractivity contribution in [2.75, 3.05) is 6.54 Å². The van der Waals surface area contributed by atoms with Gasteiger partial charge in [-0.1, -0.05) is 30.3 Å². The van der Waals surface area contributed by atoms with E-state index in [1.807, 2.05) is 57.0 Å². The highest BCUT2D eigenvalue weighted by atomic mass is 16.2. The molecule has 1 aliphatic rings. The van der Waals surface area contributed by atoms with Crippen LogP contribution in [-0.4, -0.2) is 46.0 Å². The zero-order valence-electron chi connectivity index (χ0n) is 15.7. The second-order valence-corrected chi connectivity index (χ2v) is 7.77. The molecule has 1 aliphatic heterocycles. The monoisotopic (exact) mass is 355 g/mol. The van der Waals surface area contributed by atoms with Gasteiger partial charge in [-0.2, -0.15) is 0 Å². The molecule has 138 valence electrons. The van der Waals surface area contributed by atoms with Crippen LogP contribution >= 0.6 is 0 Å². The van der Waals surface area contributed by atoms with Crippen LogP contribution in [0.2, 0.25) is 0 Å². The van der Waals surface area contributed by atoms with Crippen molar-refractivity contribution >= 4 is 23.5 Å². The molecule has 0 bridgehead atoms. The largest absolute Gasteiger partial charge is 0.351 e. The maximum atomic E-state index is 12.7. The summed E-state index contributed by atoms with van der Waals surface area (Å²) in [5.74, 6) is 0.600. The summed E-state index contributed by atoms with van der Waals surface area (Å²) in [5, 5.41) is 10.1. The second kappa shape index (κ2) is 7.26. The number of amides is 2. The maximum absolute atomic E-state index is 12.7. The lowest BCUT2D eigenvalue weighted by atomic mass is 9.90. The van der Waals surface area contributed by atoms with Gasteiger partial charge < -0.3 is 10.2 Å². The first-order chi connectivity index (χ1) is 12.1. The Morgan fingerprint density at radius 2 is 1.85 bits per heavy atom. The van der Waals surface area contributed by atoms with Gasteiger partial charge in [-0.3, -0.25) is 19.8 Å². The molecule has 1 heterocycles. The molecule has 0 saturated carbocycles. The number of likely N-dealkylation sites (tertiary alicyclic amines) is 1. The minimum atomic E-state index is -1.30. The van der Waals surface area contributed by atoms with E-state index >= 15 is 0 Å². The molecule has 0 aromatic heterocycles. The van der Waals surface area contributed by atoms with E-state index in [0.717, 1.165) is 5.56 Å². The van der Waals surface area contributed by atoms with Gasteiger partial charge in [0.05, 0.1) is 6.42 Å². The summed E-state index contributed by atoms with van der Waals surface area (Å²) in [6.07, 6.45) is 0.413. The Morgan fingerprint density at radius 1 is 1.23 bits per heavy atom. The van der Waals surface area contributed by atoms with Crippen LogP contribution < -0.4 is 5.32 Å². The zero-order chi connectivity index (χ0) is 19.5. The fourth-order valence-electron chi connectivity index (χ4n) is 3.14. The van der Waals surface area contributed by atoms with E-state index in [9.17, 15) is 14.4 Å². The van der Waals surface area contributed by atoms with Crippen molar-refractivity contribution in [3.05, 3.63) is 41.5 Å². The molecule has 0 spiro atoms. The normalized spacial score (nSPS) is 20.3. The molecule has 0 aliphatic carbocycles. The molecule has 1 saturated heterocycles. The average Bonchev–Trinajstić information content (AvgIpc) is 2.71. The summed E-state index contributed by atoms with van der Waals surface area (Å²) in [6.45, 7) is 7.44. The standard InChI is InChI=1S/C20H25N3O3/c1-19(2,3)22-16(24)12-20(4)17(25)15(13-21)18(26)23(20)11-10-14-8-6-5-7-9-14/h5-9,21H,10-12H2,1-4H3,(H,22,24). The molecule has 1 aromatic carbocycles. The zero-order valence-corrected chi connectivity index (χ0v) is 15.7. The van der Waals surface area contributed by atoms with Crippen LogP contribution in [0.4, 0.5) is 0 Å². The molecule has 6 heteroatoms. The van der Waals surface area contributed by atoms with Crippen molar-refractivity contribution in [3.8, 4) is 0 Å². The first-order valence-corrected chi connectivity index (χ1v) is 8.60. The van der Waals surface area contributed by atoms with Gasteiger partial charge in [0.15, 0.2) is 0 Å². The highest BCUT2D eigenvalue weighted by molar-refractivity contribution is 6.33. The van der Waals surface area contributed by atoms with Gasteiger partial charge in [0.25, 0.3) is 5.91 Å². The Labute approximate surface area is 153 Å². The number of carbonyl (C=O) groups is 3. The Morgan fingerprint density at radius 3 is 2.38 bits per heavy atom. The van der Waals surface area contributed by atoms with Crippen LogP contribution in [0.25, 0.3) is 0 Å². The van der Waals surface area contributed by atoms with E-state index in [4.69, 9.17) is 5.41 Å². The molecule has 2 N–H and O–H groups in total. The number of nitrogens with one attached hydrogen (secondary N) is 2. The number of nitrogens with zero attached hydrogens (tertiary/aromatic N) is 1. The van der Waals surface area contributed by atoms with Gasteiger partial charge in [0, 0.05) is 12.1 Å². The van der Waals surface area contributed by atoms with Crippen LogP contribution in [0.15, 0.2) is 35.9 Å². The fourth-order valence-corrected chi connectivity index (χ4v) is 3.14. The van der Waals surface area contributed by atoms with Crippen molar-refractivity contribution in [2.45, 2.75) is 51.6 Å². The predicted octanol–water partition coefficient (Wildman–Crippen LogP) is 1.88. The Bertz CT molecular complexity index is 773. The summed E-state index contributed by atoms with van der Waals surface area (Å²) in [5.41, 5.74) is -0.996. The van der Waals surface area contributed by atoms with Crippen molar-refractivity contribution in [1.29, 1.82) is 5.41 Å². The summed E-state index contributed by atoms with van der Waals surface area (Å²) in [7, 11) is 0. The number of rotatable bonds is 5. The van der Waals surface area contributed by atoms with Gasteiger partial charge in [-0.25, -0.2) is 0 Å². The van der Waals surface area contributed by atoms with Gasteiger partial charge in [0.2, 0.25) is 11.7 Å². The smallest absolute Gasteiger partial charge is 0.267 e. The fraction of sp³-hybridized carbons (Fsp3) is 0.450. The maximum Gasteiger partial charge on any atom is 0.267 e. The van der Waals surface area contributed by atoms with E-state index in [2.05, 4.69) is 5.32 Å².